The largest absolute Gasteiger partial charge is 0.327 e. The highest BCUT2D eigenvalue weighted by Gasteiger charge is 2.17. The molecule has 0 aliphatic rings. The van der Waals surface area contributed by atoms with E-state index >= 15 is 0 Å². The first-order chi connectivity index (χ1) is 9.29. The topological polar surface area (TPSA) is 72.7 Å². The number of nitrogens with zero attached hydrogens (tertiary/aromatic N) is 4. The van der Waals surface area contributed by atoms with Gasteiger partial charge in [-0.2, -0.15) is 0 Å². The number of rotatable bonds is 2. The molecule has 1 amide bonds. The third kappa shape index (κ3) is 2.84. The van der Waals surface area contributed by atoms with Crippen molar-refractivity contribution in [1.82, 2.24) is 19.5 Å². The van der Waals surface area contributed by atoms with E-state index in [9.17, 15) is 4.79 Å². The Balaban J connectivity index is 2.15. The standard InChI is InChI=1S/C14H19N5O/c1-9-15-8-11(19(9)5)12(20)18-10-6-16-13(17-7-10)14(2,3)4/h6-8H,1-5H3,(H,18,20). The molecule has 0 saturated heterocycles. The number of hydrogen-bond donors (Lipinski definition) is 1. The Bertz CT molecular complexity index is 622. The van der Waals surface area contributed by atoms with Gasteiger partial charge in [-0.15, -0.1) is 0 Å². The van der Waals surface area contributed by atoms with E-state index in [1.807, 2.05) is 27.7 Å². The highest BCUT2D eigenvalue weighted by atomic mass is 16.2. The molecule has 0 aliphatic carbocycles. The molecule has 1 N–H and O–H groups in total. The summed E-state index contributed by atoms with van der Waals surface area (Å²) in [5.41, 5.74) is 0.964. The van der Waals surface area contributed by atoms with Crippen molar-refractivity contribution in [1.29, 1.82) is 0 Å². The third-order valence-electron chi connectivity index (χ3n) is 3.03. The molecule has 2 aromatic rings. The predicted octanol–water partition coefficient (Wildman–Crippen LogP) is 2.07. The van der Waals surface area contributed by atoms with Crippen LogP contribution in [0.5, 0.6) is 0 Å². The van der Waals surface area contributed by atoms with Gasteiger partial charge in [-0.05, 0) is 6.92 Å². The van der Waals surface area contributed by atoms with Crippen LogP contribution in [0.25, 0.3) is 0 Å². The average Bonchev–Trinajstić information content (AvgIpc) is 2.69. The Labute approximate surface area is 118 Å². The van der Waals surface area contributed by atoms with Gasteiger partial charge in [0.15, 0.2) is 0 Å². The lowest BCUT2D eigenvalue weighted by Crippen LogP contribution is -2.18. The van der Waals surface area contributed by atoms with Gasteiger partial charge in [-0.1, -0.05) is 20.8 Å². The summed E-state index contributed by atoms with van der Waals surface area (Å²) in [4.78, 5) is 24.8. The van der Waals surface area contributed by atoms with Crippen LogP contribution < -0.4 is 5.32 Å². The molecular weight excluding hydrogens is 254 g/mol. The van der Waals surface area contributed by atoms with Gasteiger partial charge >= 0.3 is 0 Å². The molecule has 6 heteroatoms. The van der Waals surface area contributed by atoms with Crippen molar-refractivity contribution in [3.8, 4) is 0 Å². The Kier molecular flexibility index (Phi) is 3.57. The van der Waals surface area contributed by atoms with Crippen LogP contribution >= 0.6 is 0 Å². The van der Waals surface area contributed by atoms with E-state index in [2.05, 4.69) is 20.3 Å². The van der Waals surface area contributed by atoms with Crippen LogP contribution in [0.15, 0.2) is 18.6 Å². The van der Waals surface area contributed by atoms with Crippen molar-refractivity contribution < 1.29 is 4.79 Å². The van der Waals surface area contributed by atoms with Crippen LogP contribution in [-0.2, 0) is 12.5 Å². The number of carbonyl (C=O) groups is 1. The maximum atomic E-state index is 12.1. The number of nitrogens with one attached hydrogen (secondary N) is 1. The fourth-order valence-electron chi connectivity index (χ4n) is 1.69. The van der Waals surface area contributed by atoms with Gasteiger partial charge in [-0.3, -0.25) is 4.79 Å². The first-order valence-corrected chi connectivity index (χ1v) is 6.41. The molecule has 0 bridgehead atoms. The van der Waals surface area contributed by atoms with Crippen molar-refractivity contribution in [3.63, 3.8) is 0 Å². The lowest BCUT2D eigenvalue weighted by atomic mass is 9.96. The van der Waals surface area contributed by atoms with Gasteiger partial charge in [-0.25, -0.2) is 15.0 Å². The molecule has 2 aromatic heterocycles. The lowest BCUT2D eigenvalue weighted by Gasteiger charge is -2.16. The van der Waals surface area contributed by atoms with E-state index in [0.29, 0.717) is 11.4 Å². The monoisotopic (exact) mass is 273 g/mol. The summed E-state index contributed by atoms with van der Waals surface area (Å²) in [6.07, 6.45) is 4.79. The Morgan fingerprint density at radius 3 is 2.20 bits per heavy atom. The van der Waals surface area contributed by atoms with E-state index in [1.165, 1.54) is 0 Å². The molecule has 106 valence electrons. The maximum Gasteiger partial charge on any atom is 0.274 e. The second-order valence-electron chi connectivity index (χ2n) is 5.75. The Morgan fingerprint density at radius 2 is 1.75 bits per heavy atom. The second kappa shape index (κ2) is 5.03. The SMILES string of the molecule is Cc1ncc(C(=O)Nc2cnc(C(C)(C)C)nc2)n1C. The molecule has 0 aromatic carbocycles. The minimum absolute atomic E-state index is 0.109. The van der Waals surface area contributed by atoms with Gasteiger partial charge in [0.1, 0.15) is 17.3 Å². The fourth-order valence-corrected chi connectivity index (χ4v) is 1.69. The maximum absolute atomic E-state index is 12.1. The number of imidazole rings is 1. The number of hydrogen-bond acceptors (Lipinski definition) is 4. The van der Waals surface area contributed by atoms with E-state index < -0.39 is 0 Å². The number of carbonyl (C=O) groups excluding carboxylic acids is 1. The first kappa shape index (κ1) is 14.2. The van der Waals surface area contributed by atoms with Crippen molar-refractivity contribution in [2.45, 2.75) is 33.1 Å². The van der Waals surface area contributed by atoms with Crippen LogP contribution in [0.3, 0.4) is 0 Å². The van der Waals surface area contributed by atoms with Gasteiger partial charge in [0.2, 0.25) is 0 Å². The Hall–Kier alpha value is -2.24. The molecule has 6 nitrogen and oxygen atoms in total. The highest BCUT2D eigenvalue weighted by Crippen LogP contribution is 2.18. The van der Waals surface area contributed by atoms with Gasteiger partial charge < -0.3 is 9.88 Å². The summed E-state index contributed by atoms with van der Waals surface area (Å²) in [7, 11) is 1.80. The summed E-state index contributed by atoms with van der Waals surface area (Å²) in [5, 5.41) is 2.77. The molecule has 0 fully saturated rings. The van der Waals surface area contributed by atoms with Crippen LogP contribution in [0, 0.1) is 6.92 Å². The quantitative estimate of drug-likeness (QED) is 0.909. The molecule has 2 rings (SSSR count). The summed E-state index contributed by atoms with van der Waals surface area (Å²) >= 11 is 0. The van der Waals surface area contributed by atoms with Gasteiger partial charge in [0.05, 0.1) is 24.3 Å². The molecule has 2 heterocycles. The number of amides is 1. The molecule has 0 aliphatic heterocycles. The van der Waals surface area contributed by atoms with E-state index in [0.717, 1.165) is 11.6 Å². The molecule has 0 radical (unpaired) electrons. The van der Waals surface area contributed by atoms with Crippen LogP contribution in [0.4, 0.5) is 5.69 Å². The number of aryl methyl sites for hydroxylation is 1. The molecule has 0 spiro atoms. The molecule has 0 unspecified atom stereocenters. The van der Waals surface area contributed by atoms with Crippen molar-refractivity contribution in [3.05, 3.63) is 35.9 Å². The minimum atomic E-state index is -0.222. The summed E-state index contributed by atoms with van der Waals surface area (Å²) in [6, 6.07) is 0. The van der Waals surface area contributed by atoms with Crippen LogP contribution in [0.1, 0.15) is 42.9 Å². The number of aromatic nitrogens is 4. The summed E-state index contributed by atoms with van der Waals surface area (Å²) < 4.78 is 1.74. The highest BCUT2D eigenvalue weighted by molar-refractivity contribution is 6.02. The number of anilines is 1. The van der Waals surface area contributed by atoms with E-state index in [-0.39, 0.29) is 11.3 Å². The zero-order valence-electron chi connectivity index (χ0n) is 12.4. The van der Waals surface area contributed by atoms with Crippen LogP contribution in [-0.4, -0.2) is 25.4 Å². The predicted molar refractivity (Wildman–Crippen MR) is 76.6 cm³/mol. The van der Waals surface area contributed by atoms with E-state index in [1.54, 1.807) is 30.2 Å². The second-order valence-corrected chi connectivity index (χ2v) is 5.75. The molecule has 0 saturated carbocycles. The van der Waals surface area contributed by atoms with Crippen LogP contribution in [0.2, 0.25) is 0 Å². The molecule has 20 heavy (non-hydrogen) atoms. The van der Waals surface area contributed by atoms with Gasteiger partial charge in [0, 0.05) is 12.5 Å². The smallest absolute Gasteiger partial charge is 0.274 e. The summed E-state index contributed by atoms with van der Waals surface area (Å²) in [5.74, 6) is 1.31. The fraction of sp³-hybridized carbons (Fsp3) is 0.429. The zero-order chi connectivity index (χ0) is 14.9. The first-order valence-electron chi connectivity index (χ1n) is 6.41. The van der Waals surface area contributed by atoms with Crippen molar-refractivity contribution in [2.24, 2.45) is 7.05 Å². The van der Waals surface area contributed by atoms with E-state index in [4.69, 9.17) is 0 Å². The normalized spacial score (nSPS) is 11.4. The average molecular weight is 273 g/mol. The minimum Gasteiger partial charge on any atom is -0.327 e. The lowest BCUT2D eigenvalue weighted by molar-refractivity contribution is 0.101. The molecular formula is C14H19N5O. The molecule has 0 atom stereocenters. The zero-order valence-corrected chi connectivity index (χ0v) is 12.4. The van der Waals surface area contributed by atoms with Crippen molar-refractivity contribution >= 4 is 11.6 Å². The Morgan fingerprint density at radius 1 is 1.15 bits per heavy atom. The van der Waals surface area contributed by atoms with Gasteiger partial charge in [0.25, 0.3) is 5.91 Å². The summed E-state index contributed by atoms with van der Waals surface area (Å²) in [6.45, 7) is 7.97. The van der Waals surface area contributed by atoms with Crippen molar-refractivity contribution in [2.75, 3.05) is 5.32 Å². The third-order valence-corrected chi connectivity index (χ3v) is 3.03.